The zero-order chi connectivity index (χ0) is 25.5. The van der Waals surface area contributed by atoms with Crippen LogP contribution in [0.15, 0.2) is 12.1 Å². The number of hydrogen-bond donors (Lipinski definition) is 0. The number of rotatable bonds is 20. The average molecular weight is 692 g/mol. The van der Waals surface area contributed by atoms with E-state index in [-0.39, 0.29) is 11.6 Å². The molecule has 0 unspecified atom stereocenters. The summed E-state index contributed by atoms with van der Waals surface area (Å²) in [5.41, 5.74) is 0. The second-order valence-corrected chi connectivity index (χ2v) is 37.2. The number of unbranched alkanes of at least 4 members (excludes halogenated alkanes) is 6. The molecule has 0 saturated heterocycles. The van der Waals surface area contributed by atoms with Crippen molar-refractivity contribution in [1.82, 2.24) is 0 Å². The van der Waals surface area contributed by atoms with Crippen molar-refractivity contribution in [1.29, 1.82) is 0 Å². The molecular weight excluding hydrogens is 636 g/mol. The molecule has 0 aromatic heterocycles. The standard InChI is InChI=1S/C6H2F2.6C4H9.2Sn/c7-5-1-2-6(8)4-3-5;6*1-3-4-2;;/h1,4H;6*1,3-4H2,2H3;;. The summed E-state index contributed by atoms with van der Waals surface area (Å²) >= 11 is -6.02. The maximum absolute atomic E-state index is 16.2. The van der Waals surface area contributed by atoms with Gasteiger partial charge in [0.1, 0.15) is 0 Å². The van der Waals surface area contributed by atoms with Crippen molar-refractivity contribution in [2.24, 2.45) is 0 Å². The topological polar surface area (TPSA) is 0 Å². The van der Waals surface area contributed by atoms with Gasteiger partial charge in [-0.3, -0.25) is 0 Å². The third kappa shape index (κ3) is 9.52. The van der Waals surface area contributed by atoms with Gasteiger partial charge in [-0.1, -0.05) is 0 Å². The zero-order valence-corrected chi connectivity index (χ0v) is 29.3. The molecule has 1 rings (SSSR count). The predicted octanol–water partition coefficient (Wildman–Crippen LogP) is 10.1. The van der Waals surface area contributed by atoms with Gasteiger partial charge in [0, 0.05) is 0 Å². The maximum atomic E-state index is 16.2. The monoisotopic (exact) mass is 694 g/mol. The summed E-state index contributed by atoms with van der Waals surface area (Å²) in [6.07, 6.45) is 14.0. The molecular formula is C30H56F2Sn2. The van der Waals surface area contributed by atoms with Crippen LogP contribution in [0.2, 0.25) is 26.6 Å². The molecule has 0 amide bonds. The van der Waals surface area contributed by atoms with Crippen molar-refractivity contribution < 1.29 is 8.78 Å². The van der Waals surface area contributed by atoms with Crippen molar-refractivity contribution in [3.8, 4) is 0 Å². The molecule has 0 saturated carbocycles. The van der Waals surface area contributed by atoms with Gasteiger partial charge in [0.05, 0.1) is 0 Å². The first-order chi connectivity index (χ1) is 16.4. The van der Waals surface area contributed by atoms with Crippen molar-refractivity contribution in [3.05, 3.63) is 23.8 Å². The summed E-state index contributed by atoms with van der Waals surface area (Å²) in [7, 11) is 0. The third-order valence-electron chi connectivity index (χ3n) is 8.25. The molecule has 0 radical (unpaired) electrons. The Morgan fingerprint density at radius 3 is 0.824 bits per heavy atom. The van der Waals surface area contributed by atoms with Gasteiger partial charge in [-0.15, -0.1) is 0 Å². The summed E-state index contributed by atoms with van der Waals surface area (Å²) in [4.78, 5) is 0. The summed E-state index contributed by atoms with van der Waals surface area (Å²) in [6.45, 7) is 13.5. The average Bonchev–Trinajstić information content (AvgIpc) is 2.85. The van der Waals surface area contributed by atoms with Crippen LogP contribution in [0.1, 0.15) is 119 Å². The third-order valence-corrected chi connectivity index (χ3v) is 39.4. The Morgan fingerprint density at radius 1 is 0.441 bits per heavy atom. The Hall–Kier alpha value is 0.677. The van der Waals surface area contributed by atoms with Crippen LogP contribution in [0.3, 0.4) is 0 Å². The van der Waals surface area contributed by atoms with E-state index in [1.165, 1.54) is 65.1 Å². The quantitative estimate of drug-likeness (QED) is 0.119. The van der Waals surface area contributed by atoms with Gasteiger partial charge in [-0.25, -0.2) is 0 Å². The van der Waals surface area contributed by atoms with Crippen LogP contribution >= 0.6 is 0 Å². The molecule has 0 fully saturated rings. The molecule has 0 bridgehead atoms. The Labute approximate surface area is 220 Å². The fourth-order valence-electron chi connectivity index (χ4n) is 6.01. The molecule has 1 aromatic rings. The Morgan fingerprint density at radius 2 is 0.647 bits per heavy atom. The van der Waals surface area contributed by atoms with E-state index in [9.17, 15) is 0 Å². The van der Waals surface area contributed by atoms with E-state index < -0.39 is 36.8 Å². The fourth-order valence-corrected chi connectivity index (χ4v) is 38.3. The van der Waals surface area contributed by atoms with E-state index in [2.05, 4.69) is 41.5 Å². The minimum absolute atomic E-state index is 0.001000. The van der Waals surface area contributed by atoms with Gasteiger partial charge < -0.3 is 0 Å². The van der Waals surface area contributed by atoms with Gasteiger partial charge >= 0.3 is 222 Å². The molecule has 0 aliphatic heterocycles. The predicted molar refractivity (Wildman–Crippen MR) is 155 cm³/mol. The SMILES string of the molecule is CCC[CH2][Sn]([CH2]CCC)([CH2]CCC)[c]1cc(F)[c]([Sn]([CH2]CCC)([CH2]CCC)[CH2]CCC)cc1F. The number of benzene rings is 1. The van der Waals surface area contributed by atoms with Crippen molar-refractivity contribution in [2.75, 3.05) is 0 Å². The summed E-state index contributed by atoms with van der Waals surface area (Å²) < 4.78 is 41.4. The molecule has 1 aromatic carbocycles. The van der Waals surface area contributed by atoms with Gasteiger partial charge in [-0.2, -0.15) is 0 Å². The number of hydrogen-bond acceptors (Lipinski definition) is 0. The number of halogens is 2. The van der Waals surface area contributed by atoms with E-state index in [4.69, 9.17) is 0 Å². The van der Waals surface area contributed by atoms with Gasteiger partial charge in [0.15, 0.2) is 0 Å². The van der Waals surface area contributed by atoms with E-state index in [1.807, 2.05) is 0 Å². The molecule has 0 aliphatic carbocycles. The van der Waals surface area contributed by atoms with Crippen LogP contribution in [0.25, 0.3) is 0 Å². The summed E-state index contributed by atoms with van der Waals surface area (Å²) in [6, 6.07) is 3.61. The first-order valence-electron chi connectivity index (χ1n) is 14.9. The molecule has 0 N–H and O–H groups in total. The summed E-state index contributed by atoms with van der Waals surface area (Å²) in [5.74, 6) is 0.00200. The van der Waals surface area contributed by atoms with E-state index in [1.54, 1.807) is 12.1 Å². The molecule has 0 aliphatic rings. The zero-order valence-electron chi connectivity index (χ0n) is 23.6. The van der Waals surface area contributed by atoms with Crippen LogP contribution in [0, 0.1) is 11.6 Å². The van der Waals surface area contributed by atoms with Gasteiger partial charge in [-0.05, 0) is 0 Å². The van der Waals surface area contributed by atoms with Crippen LogP contribution in [0.5, 0.6) is 0 Å². The van der Waals surface area contributed by atoms with Crippen LogP contribution in [-0.4, -0.2) is 36.8 Å². The van der Waals surface area contributed by atoms with Crippen molar-refractivity contribution in [3.63, 3.8) is 0 Å². The molecule has 198 valence electrons. The molecule has 34 heavy (non-hydrogen) atoms. The Kier molecular flexibility index (Phi) is 17.3. The molecule has 0 heterocycles. The van der Waals surface area contributed by atoms with Crippen molar-refractivity contribution >= 4 is 43.9 Å². The second-order valence-electron chi connectivity index (χ2n) is 11.0. The van der Waals surface area contributed by atoms with E-state index in [0.29, 0.717) is 0 Å². The Balaban J connectivity index is 3.63. The molecule has 0 nitrogen and oxygen atoms in total. The van der Waals surface area contributed by atoms with Crippen molar-refractivity contribution in [2.45, 2.75) is 145 Å². The summed E-state index contributed by atoms with van der Waals surface area (Å²) in [5, 5.41) is 0. The normalized spacial score (nSPS) is 12.5. The fraction of sp³-hybridized carbons (Fsp3) is 0.800. The molecule has 4 heteroatoms. The van der Waals surface area contributed by atoms with E-state index in [0.717, 1.165) is 45.7 Å². The van der Waals surface area contributed by atoms with Crippen LogP contribution in [-0.2, 0) is 0 Å². The molecule has 0 spiro atoms. The first kappa shape index (κ1) is 32.7. The second kappa shape index (κ2) is 18.0. The van der Waals surface area contributed by atoms with Gasteiger partial charge in [0.25, 0.3) is 0 Å². The van der Waals surface area contributed by atoms with Gasteiger partial charge in [0.2, 0.25) is 0 Å². The van der Waals surface area contributed by atoms with Crippen LogP contribution in [0.4, 0.5) is 8.78 Å². The first-order valence-corrected chi connectivity index (χ1v) is 29.9. The minimum atomic E-state index is -3.01. The van der Waals surface area contributed by atoms with E-state index >= 15 is 8.78 Å². The molecule has 0 atom stereocenters. The Bertz CT molecular complexity index is 573. The van der Waals surface area contributed by atoms with Crippen LogP contribution < -0.4 is 7.16 Å².